The zero-order valence-corrected chi connectivity index (χ0v) is 23.5. The first-order valence-corrected chi connectivity index (χ1v) is 14.4. The van der Waals surface area contributed by atoms with E-state index < -0.39 is 17.9 Å². The average molecular weight is 554 g/mol. The third kappa shape index (κ3) is 4.98. The smallest absolute Gasteiger partial charge is 0.370 e. The summed E-state index contributed by atoms with van der Waals surface area (Å²) in [4.78, 5) is 36.0. The molecular formula is C28H36ClN7O3. The van der Waals surface area contributed by atoms with Crippen molar-refractivity contribution in [1.82, 2.24) is 35.3 Å². The molecule has 4 heterocycles. The maximum absolute atomic E-state index is 11.8. The standard InChI is InChI=1S/C28H36ClN7O3/c1-16-8-10-17(11-9-16)15-36-22-21(18-12-20(29)14-30-13-18)31-24(25-34-27(37)39-35-25)32-23(22)33-26(36)28(2,38-3)19-6-4-5-7-19/h12-14,16-17,19,25,35H,4-11,15H2,1-3H3,(H,34,37). The number of carbonyl (C=O) groups is 1. The molecule has 1 saturated heterocycles. The van der Waals surface area contributed by atoms with Crippen LogP contribution in [0.3, 0.4) is 0 Å². The molecule has 2 saturated carbocycles. The van der Waals surface area contributed by atoms with Gasteiger partial charge in [-0.3, -0.25) is 10.3 Å². The van der Waals surface area contributed by atoms with Crippen LogP contribution in [0, 0.1) is 17.8 Å². The lowest BCUT2D eigenvalue weighted by Gasteiger charge is -2.35. The van der Waals surface area contributed by atoms with E-state index in [1.807, 2.05) is 6.07 Å². The van der Waals surface area contributed by atoms with Gasteiger partial charge < -0.3 is 14.1 Å². The van der Waals surface area contributed by atoms with Crippen LogP contribution in [0.15, 0.2) is 18.5 Å². The van der Waals surface area contributed by atoms with Gasteiger partial charge in [0.05, 0.1) is 5.02 Å². The monoisotopic (exact) mass is 553 g/mol. The number of fused-ring (bicyclic) bond motifs is 1. The van der Waals surface area contributed by atoms with Gasteiger partial charge in [-0.2, -0.15) is 0 Å². The summed E-state index contributed by atoms with van der Waals surface area (Å²) in [5.74, 6) is 2.88. The number of ether oxygens (including phenoxy) is 1. The summed E-state index contributed by atoms with van der Waals surface area (Å²) in [6, 6.07) is 1.85. The van der Waals surface area contributed by atoms with E-state index in [4.69, 9.17) is 36.1 Å². The van der Waals surface area contributed by atoms with Gasteiger partial charge in [0, 0.05) is 31.6 Å². The summed E-state index contributed by atoms with van der Waals surface area (Å²) in [5.41, 5.74) is 4.90. The first kappa shape index (κ1) is 26.4. The van der Waals surface area contributed by atoms with Crippen molar-refractivity contribution in [2.45, 2.75) is 83.5 Å². The number of amides is 1. The predicted octanol–water partition coefficient (Wildman–Crippen LogP) is 5.66. The van der Waals surface area contributed by atoms with Gasteiger partial charge in [0.25, 0.3) is 0 Å². The minimum absolute atomic E-state index is 0.353. The van der Waals surface area contributed by atoms with Gasteiger partial charge in [0.15, 0.2) is 17.6 Å². The lowest BCUT2D eigenvalue weighted by molar-refractivity contribution is -0.0567. The molecule has 0 aromatic carbocycles. The molecule has 3 aromatic rings. The van der Waals surface area contributed by atoms with Crippen LogP contribution in [0.5, 0.6) is 0 Å². The third-order valence-electron chi connectivity index (χ3n) is 8.97. The average Bonchev–Trinajstić information content (AvgIpc) is 3.70. The molecule has 0 spiro atoms. The number of rotatable bonds is 7. The van der Waals surface area contributed by atoms with Crippen LogP contribution < -0.4 is 10.8 Å². The van der Waals surface area contributed by atoms with Gasteiger partial charge in [0.1, 0.15) is 22.6 Å². The first-order valence-electron chi connectivity index (χ1n) is 14.0. The van der Waals surface area contributed by atoms with E-state index in [0.717, 1.165) is 42.2 Å². The van der Waals surface area contributed by atoms with E-state index in [0.29, 0.717) is 34.0 Å². The minimum atomic E-state index is -0.704. The molecule has 2 unspecified atom stereocenters. The predicted molar refractivity (Wildman–Crippen MR) is 146 cm³/mol. The Bertz CT molecular complexity index is 1370. The van der Waals surface area contributed by atoms with Crippen molar-refractivity contribution >= 4 is 28.9 Å². The second-order valence-corrected chi connectivity index (χ2v) is 12.0. The second-order valence-electron chi connectivity index (χ2n) is 11.5. The number of hydrogen-bond donors (Lipinski definition) is 2. The Morgan fingerprint density at radius 1 is 1.13 bits per heavy atom. The second kappa shape index (κ2) is 10.6. The number of carbonyl (C=O) groups excluding carboxylic acids is 1. The van der Waals surface area contributed by atoms with E-state index in [2.05, 4.69) is 34.2 Å². The van der Waals surface area contributed by atoms with Crippen LogP contribution >= 0.6 is 11.6 Å². The normalized spacial score (nSPS) is 25.5. The first-order chi connectivity index (χ1) is 18.9. The van der Waals surface area contributed by atoms with Crippen molar-refractivity contribution in [1.29, 1.82) is 0 Å². The lowest BCUT2D eigenvalue weighted by Crippen LogP contribution is -2.36. The summed E-state index contributed by atoms with van der Waals surface area (Å²) in [5, 5.41) is 3.21. The molecule has 2 atom stereocenters. The zero-order chi connectivity index (χ0) is 27.1. The number of hydrogen-bond acceptors (Lipinski definition) is 8. The summed E-state index contributed by atoms with van der Waals surface area (Å²) >= 11 is 6.39. The molecule has 39 heavy (non-hydrogen) atoms. The molecular weight excluding hydrogens is 518 g/mol. The highest BCUT2D eigenvalue weighted by atomic mass is 35.5. The number of imidazole rings is 1. The van der Waals surface area contributed by atoms with Crippen LogP contribution in [0.2, 0.25) is 5.02 Å². The molecule has 2 aliphatic carbocycles. The highest BCUT2D eigenvalue weighted by Crippen LogP contribution is 2.44. The van der Waals surface area contributed by atoms with Crippen molar-refractivity contribution in [3.05, 3.63) is 35.1 Å². The van der Waals surface area contributed by atoms with E-state index >= 15 is 0 Å². The van der Waals surface area contributed by atoms with Crippen LogP contribution in [0.25, 0.3) is 22.4 Å². The van der Waals surface area contributed by atoms with E-state index in [-0.39, 0.29) is 0 Å². The topological polar surface area (TPSA) is 116 Å². The Morgan fingerprint density at radius 2 is 1.90 bits per heavy atom. The Morgan fingerprint density at radius 3 is 2.56 bits per heavy atom. The molecule has 1 aliphatic heterocycles. The van der Waals surface area contributed by atoms with E-state index in [1.54, 1.807) is 19.5 Å². The molecule has 0 radical (unpaired) electrons. The molecule has 208 valence electrons. The van der Waals surface area contributed by atoms with Crippen LogP contribution in [0.4, 0.5) is 4.79 Å². The van der Waals surface area contributed by atoms with E-state index in [1.165, 1.54) is 38.5 Å². The van der Waals surface area contributed by atoms with Crippen LogP contribution in [-0.4, -0.2) is 37.7 Å². The number of hydroxylamine groups is 1. The molecule has 0 bridgehead atoms. The number of aromatic nitrogens is 5. The summed E-state index contributed by atoms with van der Waals surface area (Å²) in [6.45, 7) is 5.33. The highest BCUT2D eigenvalue weighted by Gasteiger charge is 2.43. The fourth-order valence-electron chi connectivity index (χ4n) is 6.57. The van der Waals surface area contributed by atoms with Crippen LogP contribution in [0.1, 0.15) is 83.0 Å². The third-order valence-corrected chi connectivity index (χ3v) is 9.17. The van der Waals surface area contributed by atoms with Crippen molar-refractivity contribution in [3.63, 3.8) is 0 Å². The lowest BCUT2D eigenvalue weighted by atomic mass is 9.82. The minimum Gasteiger partial charge on any atom is -0.370 e. The molecule has 3 fully saturated rings. The molecule has 2 N–H and O–H groups in total. The van der Waals surface area contributed by atoms with Crippen molar-refractivity contribution in [3.8, 4) is 11.3 Å². The van der Waals surface area contributed by atoms with Crippen LogP contribution in [-0.2, 0) is 21.7 Å². The molecule has 3 aromatic heterocycles. The number of nitrogens with one attached hydrogen (secondary N) is 2. The molecule has 1 amide bonds. The quantitative estimate of drug-likeness (QED) is 0.385. The number of nitrogens with zero attached hydrogens (tertiary/aromatic N) is 5. The van der Waals surface area contributed by atoms with Gasteiger partial charge in [-0.05, 0) is 56.4 Å². The molecule has 10 nitrogen and oxygen atoms in total. The van der Waals surface area contributed by atoms with E-state index in [9.17, 15) is 4.79 Å². The zero-order valence-electron chi connectivity index (χ0n) is 22.7. The summed E-state index contributed by atoms with van der Waals surface area (Å²) in [7, 11) is 1.79. The van der Waals surface area contributed by atoms with Gasteiger partial charge in [-0.1, -0.05) is 44.2 Å². The van der Waals surface area contributed by atoms with Crippen molar-refractivity contribution in [2.24, 2.45) is 17.8 Å². The number of methoxy groups -OCH3 is 1. The maximum atomic E-state index is 11.8. The Kier molecular flexibility index (Phi) is 7.20. The van der Waals surface area contributed by atoms with Crippen molar-refractivity contribution < 1.29 is 14.4 Å². The Hall–Kier alpha value is -2.82. The van der Waals surface area contributed by atoms with Crippen molar-refractivity contribution in [2.75, 3.05) is 7.11 Å². The largest absolute Gasteiger partial charge is 0.427 e. The summed E-state index contributed by atoms with van der Waals surface area (Å²) in [6.07, 6.45) is 11.5. The Labute approximate surface area is 233 Å². The van der Waals surface area contributed by atoms with Gasteiger partial charge >= 0.3 is 6.09 Å². The molecule has 3 aliphatic rings. The Balaban J connectivity index is 1.57. The van der Waals surface area contributed by atoms with Gasteiger partial charge in [0.2, 0.25) is 0 Å². The summed E-state index contributed by atoms with van der Waals surface area (Å²) < 4.78 is 8.65. The fraction of sp³-hybridized carbons (Fsp3) is 0.607. The maximum Gasteiger partial charge on any atom is 0.427 e. The number of pyridine rings is 1. The van der Waals surface area contributed by atoms with Gasteiger partial charge in [-0.25, -0.2) is 19.7 Å². The SMILES string of the molecule is COC(C)(c1nc2nc(C3NOC(=O)N3)nc(-c3cncc(Cl)c3)c2n1CC1CCC(C)CC1)C1CCCC1. The fourth-order valence-corrected chi connectivity index (χ4v) is 6.75. The van der Waals surface area contributed by atoms with Gasteiger partial charge in [-0.15, -0.1) is 5.48 Å². The highest BCUT2D eigenvalue weighted by molar-refractivity contribution is 6.30. The molecule has 11 heteroatoms. The number of halogens is 1. The molecule has 6 rings (SSSR count).